The summed E-state index contributed by atoms with van der Waals surface area (Å²) in [6.07, 6.45) is 1.39. The highest BCUT2D eigenvalue weighted by atomic mass is 32.2. The lowest BCUT2D eigenvalue weighted by Crippen LogP contribution is -2.18. The maximum atomic E-state index is 12.3. The minimum Gasteiger partial charge on any atom is -0.481 e. The first-order valence-electron chi connectivity index (χ1n) is 9.95. The van der Waals surface area contributed by atoms with Gasteiger partial charge in [-0.05, 0) is 37.2 Å². The van der Waals surface area contributed by atoms with Crippen molar-refractivity contribution < 1.29 is 24.0 Å². The molecule has 1 unspecified atom stereocenters. The van der Waals surface area contributed by atoms with Crippen LogP contribution in [0.2, 0.25) is 0 Å². The summed E-state index contributed by atoms with van der Waals surface area (Å²) in [6.45, 7) is 1.78. The van der Waals surface area contributed by atoms with Crippen LogP contribution in [-0.4, -0.2) is 32.3 Å². The zero-order chi connectivity index (χ0) is 23.0. The minimum absolute atomic E-state index is 0.231. The number of anilines is 1. The molecule has 0 radical (unpaired) electrons. The van der Waals surface area contributed by atoms with Gasteiger partial charge < -0.3 is 14.4 Å². The zero-order valence-electron chi connectivity index (χ0n) is 17.2. The lowest BCUT2D eigenvalue weighted by molar-refractivity contribution is -0.140. The molecule has 1 aliphatic rings. The van der Waals surface area contributed by atoms with Gasteiger partial charge in [-0.25, -0.2) is 14.8 Å². The Kier molecular flexibility index (Phi) is 5.32. The molecule has 11 heteroatoms. The van der Waals surface area contributed by atoms with Crippen molar-refractivity contribution in [3.8, 4) is 11.8 Å². The number of amides is 1. The lowest BCUT2D eigenvalue weighted by atomic mass is 10.1. The molecule has 33 heavy (non-hydrogen) atoms. The molecule has 1 aromatic carbocycles. The topological polar surface area (TPSA) is 127 Å². The van der Waals surface area contributed by atoms with E-state index >= 15 is 0 Å². The zero-order valence-corrected chi connectivity index (χ0v) is 18.8. The van der Waals surface area contributed by atoms with Crippen molar-refractivity contribution >= 4 is 50.1 Å². The Bertz CT molecular complexity index is 1380. The first-order chi connectivity index (χ1) is 15.9. The van der Waals surface area contributed by atoms with E-state index in [1.54, 1.807) is 6.92 Å². The van der Waals surface area contributed by atoms with Crippen LogP contribution >= 0.6 is 22.7 Å². The number of aliphatic carboxylic acids is 1. The van der Waals surface area contributed by atoms with Crippen molar-refractivity contribution in [1.82, 2.24) is 15.1 Å². The molecule has 1 fully saturated rings. The number of carbonyl (C=O) groups is 2. The van der Waals surface area contributed by atoms with Crippen molar-refractivity contribution in [2.24, 2.45) is 0 Å². The van der Waals surface area contributed by atoms with E-state index in [2.05, 4.69) is 32.3 Å². The van der Waals surface area contributed by atoms with Gasteiger partial charge in [-0.2, -0.15) is 0 Å². The molecule has 166 valence electrons. The molecular formula is C22H16N4O5S2. The maximum absolute atomic E-state index is 12.3. The normalized spacial score (nSPS) is 14.8. The number of carboxylic acids is 1. The molecule has 0 aliphatic heterocycles. The first-order valence-corrected chi connectivity index (χ1v) is 11.6. The fourth-order valence-electron chi connectivity index (χ4n) is 3.16. The number of rotatable bonds is 5. The number of carbonyl (C=O) groups excluding carboxylic acids is 1. The molecule has 0 bridgehead atoms. The van der Waals surface area contributed by atoms with E-state index in [1.807, 2.05) is 30.3 Å². The van der Waals surface area contributed by atoms with Crippen LogP contribution in [0.5, 0.6) is 0 Å². The van der Waals surface area contributed by atoms with E-state index in [4.69, 9.17) is 9.26 Å². The van der Waals surface area contributed by atoms with Gasteiger partial charge in [0.2, 0.25) is 0 Å². The minimum atomic E-state index is -0.842. The van der Waals surface area contributed by atoms with Crippen LogP contribution in [0.3, 0.4) is 0 Å². The van der Waals surface area contributed by atoms with Crippen molar-refractivity contribution in [2.45, 2.75) is 31.3 Å². The predicted octanol–water partition coefficient (Wildman–Crippen LogP) is 4.57. The number of ether oxygens (including phenoxy) is 1. The van der Waals surface area contributed by atoms with E-state index in [0.717, 1.165) is 9.58 Å². The average Bonchev–Trinajstić information content (AvgIpc) is 3.12. The fourth-order valence-corrected chi connectivity index (χ4v) is 5.37. The smallest absolute Gasteiger partial charge is 0.412 e. The lowest BCUT2D eigenvalue weighted by Gasteiger charge is -2.13. The van der Waals surface area contributed by atoms with E-state index < -0.39 is 23.6 Å². The second kappa shape index (κ2) is 8.31. The Hall–Kier alpha value is -3.75. The summed E-state index contributed by atoms with van der Waals surface area (Å²) in [5.41, 5.74) is 1.03. The van der Waals surface area contributed by atoms with Crippen LogP contribution in [0.25, 0.3) is 9.66 Å². The maximum Gasteiger partial charge on any atom is 0.412 e. The van der Waals surface area contributed by atoms with Gasteiger partial charge in [-0.3, -0.25) is 10.1 Å². The van der Waals surface area contributed by atoms with Crippen LogP contribution in [0.4, 0.5) is 10.5 Å². The summed E-state index contributed by atoms with van der Waals surface area (Å²) < 4.78 is 11.2. The van der Waals surface area contributed by atoms with Gasteiger partial charge in [0.25, 0.3) is 0 Å². The Morgan fingerprint density at radius 2 is 2.00 bits per heavy atom. The molecule has 5 rings (SSSR count). The van der Waals surface area contributed by atoms with Crippen LogP contribution in [-0.2, 0) is 14.9 Å². The summed E-state index contributed by atoms with van der Waals surface area (Å²) in [5, 5.41) is 16.9. The van der Waals surface area contributed by atoms with Crippen molar-refractivity contribution in [3.05, 3.63) is 57.9 Å². The molecule has 9 nitrogen and oxygen atoms in total. The third-order valence-electron chi connectivity index (χ3n) is 5.19. The molecule has 0 saturated heterocycles. The second-order valence-corrected chi connectivity index (χ2v) is 9.70. The van der Waals surface area contributed by atoms with E-state index in [-0.39, 0.29) is 11.4 Å². The largest absolute Gasteiger partial charge is 0.481 e. The van der Waals surface area contributed by atoms with Crippen LogP contribution < -0.4 is 5.32 Å². The highest BCUT2D eigenvalue weighted by Gasteiger charge is 2.54. The van der Waals surface area contributed by atoms with Gasteiger partial charge in [0, 0.05) is 0 Å². The van der Waals surface area contributed by atoms with Gasteiger partial charge in [-0.15, -0.1) is 11.3 Å². The quantitative estimate of drug-likeness (QED) is 0.398. The Morgan fingerprint density at radius 3 is 2.70 bits per heavy atom. The molecule has 3 aromatic heterocycles. The standard InChI is InChI=1S/C22H16N4O5S2/c1-12(13-5-3-2-4-6-13)31-21(29)23-15-11-30-26-14(15)7-8-16-24-17-18(32-16)33-19(25-17)22(9-10-22)20(27)28/h2-6,11-12H,9-10H2,1H3,(H,23,29)(H,27,28). The highest BCUT2D eigenvalue weighted by Crippen LogP contribution is 2.51. The van der Waals surface area contributed by atoms with Gasteiger partial charge in [0.05, 0.1) is 0 Å². The van der Waals surface area contributed by atoms with Gasteiger partial charge in [-0.1, -0.05) is 46.8 Å². The summed E-state index contributed by atoms with van der Waals surface area (Å²) in [5.74, 6) is 4.88. The van der Waals surface area contributed by atoms with E-state index in [9.17, 15) is 14.7 Å². The summed E-state index contributed by atoms with van der Waals surface area (Å²) in [4.78, 5) is 32.5. The van der Waals surface area contributed by atoms with Crippen molar-refractivity contribution in [3.63, 3.8) is 0 Å². The number of hydrogen-bond acceptors (Lipinski definition) is 9. The van der Waals surface area contributed by atoms with E-state index in [1.165, 1.54) is 28.9 Å². The van der Waals surface area contributed by atoms with Crippen LogP contribution in [0.1, 0.15) is 47.1 Å². The third-order valence-corrected chi connectivity index (χ3v) is 7.49. The molecule has 1 aliphatic carbocycles. The number of aromatic nitrogens is 3. The number of hydrogen-bond donors (Lipinski definition) is 2. The molecule has 1 saturated carbocycles. The second-order valence-electron chi connectivity index (χ2n) is 7.45. The van der Waals surface area contributed by atoms with Gasteiger partial charge in [0.1, 0.15) is 32.5 Å². The first kappa shape index (κ1) is 21.1. The number of benzene rings is 1. The Labute approximate surface area is 195 Å². The fraction of sp³-hybridized carbons (Fsp3) is 0.227. The van der Waals surface area contributed by atoms with Crippen LogP contribution in [0.15, 0.2) is 41.1 Å². The average molecular weight is 481 g/mol. The number of nitrogens with one attached hydrogen (secondary N) is 1. The van der Waals surface area contributed by atoms with Crippen molar-refractivity contribution in [1.29, 1.82) is 0 Å². The molecule has 3 heterocycles. The third kappa shape index (κ3) is 4.18. The SMILES string of the molecule is CC(OC(=O)Nc1conc1C#Cc1nc2nc(C3(C(=O)O)CC3)sc2s1)c1ccccc1. The highest BCUT2D eigenvalue weighted by molar-refractivity contribution is 7.38. The number of nitrogens with zero attached hydrogens (tertiary/aromatic N) is 3. The number of thiazole rings is 2. The van der Waals surface area contributed by atoms with Gasteiger partial charge >= 0.3 is 12.1 Å². The van der Waals surface area contributed by atoms with E-state index in [0.29, 0.717) is 28.5 Å². The summed E-state index contributed by atoms with van der Waals surface area (Å²) >= 11 is 2.67. The number of carboxylic acid groups (broad SMARTS) is 1. The molecule has 2 N–H and O–H groups in total. The van der Waals surface area contributed by atoms with Gasteiger partial charge in [0.15, 0.2) is 16.3 Å². The molecule has 0 spiro atoms. The molecule has 4 aromatic rings. The summed E-state index contributed by atoms with van der Waals surface area (Å²) in [6, 6.07) is 9.37. The summed E-state index contributed by atoms with van der Waals surface area (Å²) in [7, 11) is 0. The van der Waals surface area contributed by atoms with Crippen LogP contribution in [0, 0.1) is 11.8 Å². The Balaban J connectivity index is 1.27. The molecule has 1 atom stereocenters. The predicted molar refractivity (Wildman–Crippen MR) is 121 cm³/mol. The number of fused-ring (bicyclic) bond motifs is 1. The monoisotopic (exact) mass is 480 g/mol. The van der Waals surface area contributed by atoms with Crippen molar-refractivity contribution in [2.75, 3.05) is 5.32 Å². The molecule has 1 amide bonds. The molecular weight excluding hydrogens is 464 g/mol. The Morgan fingerprint density at radius 1 is 1.21 bits per heavy atom.